The first-order valence-corrected chi connectivity index (χ1v) is 7.09. The molecule has 2 N–H and O–H groups in total. The Kier molecular flexibility index (Phi) is 4.61. The smallest absolute Gasteiger partial charge is 0.0747 e. The third-order valence-electron chi connectivity index (χ3n) is 3.18. The number of halogens is 1. The fraction of sp³-hybridized carbons (Fsp3) is 0.250. The normalized spacial score (nSPS) is 12.2. The van der Waals surface area contributed by atoms with Crippen LogP contribution < -0.4 is 5.32 Å². The van der Waals surface area contributed by atoms with Gasteiger partial charge in [0.15, 0.2) is 0 Å². The molecule has 1 atom stereocenters. The molecule has 0 aliphatic carbocycles. The molecule has 2 aromatic rings. The molecule has 0 fully saturated rings. The third-order valence-corrected chi connectivity index (χ3v) is 3.71. The van der Waals surface area contributed by atoms with Crippen LogP contribution in [0.1, 0.15) is 22.7 Å². The highest BCUT2D eigenvalue weighted by atomic mass is 79.9. The molecule has 0 aliphatic rings. The van der Waals surface area contributed by atoms with Gasteiger partial charge in [-0.05, 0) is 49.2 Å². The van der Waals surface area contributed by atoms with Crippen molar-refractivity contribution in [3.05, 3.63) is 63.6 Å². The molecule has 100 valence electrons. The highest BCUT2D eigenvalue weighted by Crippen LogP contribution is 2.24. The van der Waals surface area contributed by atoms with Gasteiger partial charge in [-0.25, -0.2) is 0 Å². The van der Waals surface area contributed by atoms with Crippen LogP contribution in [0.2, 0.25) is 0 Å². The number of rotatable bonds is 4. The summed E-state index contributed by atoms with van der Waals surface area (Å²) < 4.78 is 1.05. The van der Waals surface area contributed by atoms with Crippen LogP contribution in [0.4, 0.5) is 5.69 Å². The summed E-state index contributed by atoms with van der Waals surface area (Å²) in [6.07, 6.45) is 0. The van der Waals surface area contributed by atoms with E-state index in [1.165, 1.54) is 11.1 Å². The fourth-order valence-corrected chi connectivity index (χ4v) is 2.37. The van der Waals surface area contributed by atoms with Crippen molar-refractivity contribution < 1.29 is 5.11 Å². The lowest BCUT2D eigenvalue weighted by molar-refractivity contribution is 0.276. The van der Waals surface area contributed by atoms with Crippen LogP contribution in [0, 0.1) is 13.8 Å². The molecule has 0 heterocycles. The molecule has 0 amide bonds. The number of hydrogen-bond acceptors (Lipinski definition) is 2. The van der Waals surface area contributed by atoms with E-state index in [4.69, 9.17) is 0 Å². The van der Waals surface area contributed by atoms with Gasteiger partial charge in [-0.2, -0.15) is 0 Å². The largest absolute Gasteiger partial charge is 0.394 e. The van der Waals surface area contributed by atoms with Gasteiger partial charge < -0.3 is 10.4 Å². The summed E-state index contributed by atoms with van der Waals surface area (Å²) in [6, 6.07) is 14.2. The number of anilines is 1. The second-order valence-corrected chi connectivity index (χ2v) is 5.66. The molecule has 0 aromatic heterocycles. The van der Waals surface area contributed by atoms with Gasteiger partial charge in [-0.3, -0.25) is 0 Å². The summed E-state index contributed by atoms with van der Waals surface area (Å²) in [5.74, 6) is 0. The predicted octanol–water partition coefficient (Wildman–Crippen LogP) is 4.21. The Labute approximate surface area is 122 Å². The minimum Gasteiger partial charge on any atom is -0.394 e. The quantitative estimate of drug-likeness (QED) is 0.884. The monoisotopic (exact) mass is 319 g/mol. The predicted molar refractivity (Wildman–Crippen MR) is 83.5 cm³/mol. The standard InChI is InChI=1S/C16H18BrNO/c1-11-3-4-12(2)15(9-11)16(10-19)18-14-7-5-13(17)6-8-14/h3-9,16,18-19H,10H2,1-2H3. The first kappa shape index (κ1) is 14.1. The zero-order valence-corrected chi connectivity index (χ0v) is 12.7. The molecule has 0 saturated heterocycles. The van der Waals surface area contributed by atoms with Gasteiger partial charge in [0.1, 0.15) is 0 Å². The summed E-state index contributed by atoms with van der Waals surface area (Å²) >= 11 is 3.42. The van der Waals surface area contributed by atoms with E-state index in [1.54, 1.807) is 0 Å². The molecule has 19 heavy (non-hydrogen) atoms. The molecular weight excluding hydrogens is 302 g/mol. The van der Waals surface area contributed by atoms with Gasteiger partial charge in [-0.1, -0.05) is 39.7 Å². The Morgan fingerprint density at radius 3 is 2.42 bits per heavy atom. The maximum atomic E-state index is 9.64. The molecule has 0 saturated carbocycles. The number of benzene rings is 2. The molecular formula is C16H18BrNO. The van der Waals surface area contributed by atoms with Gasteiger partial charge >= 0.3 is 0 Å². The van der Waals surface area contributed by atoms with E-state index in [2.05, 4.69) is 53.3 Å². The van der Waals surface area contributed by atoms with Crippen LogP contribution in [0.15, 0.2) is 46.9 Å². The van der Waals surface area contributed by atoms with E-state index >= 15 is 0 Å². The topological polar surface area (TPSA) is 32.3 Å². The number of nitrogens with one attached hydrogen (secondary N) is 1. The number of aliphatic hydroxyl groups is 1. The summed E-state index contributed by atoms with van der Waals surface area (Å²) in [7, 11) is 0. The molecule has 3 heteroatoms. The Hall–Kier alpha value is -1.32. The third kappa shape index (κ3) is 3.58. The van der Waals surface area contributed by atoms with E-state index in [9.17, 15) is 5.11 Å². The number of hydrogen-bond donors (Lipinski definition) is 2. The van der Waals surface area contributed by atoms with E-state index in [-0.39, 0.29) is 12.6 Å². The van der Waals surface area contributed by atoms with E-state index in [0.717, 1.165) is 15.7 Å². The van der Waals surface area contributed by atoms with Crippen molar-refractivity contribution in [2.45, 2.75) is 19.9 Å². The van der Waals surface area contributed by atoms with Gasteiger partial charge in [-0.15, -0.1) is 0 Å². The van der Waals surface area contributed by atoms with Crippen molar-refractivity contribution in [2.75, 3.05) is 11.9 Å². The molecule has 0 aliphatic heterocycles. The van der Waals surface area contributed by atoms with E-state index in [1.807, 2.05) is 24.3 Å². The Bertz CT molecular complexity index is 551. The maximum absolute atomic E-state index is 9.64. The fourth-order valence-electron chi connectivity index (χ4n) is 2.10. The minimum absolute atomic E-state index is 0.0698. The van der Waals surface area contributed by atoms with Crippen molar-refractivity contribution in [3.63, 3.8) is 0 Å². The first-order chi connectivity index (χ1) is 9.10. The molecule has 2 rings (SSSR count). The molecule has 1 unspecified atom stereocenters. The number of aliphatic hydroxyl groups excluding tert-OH is 1. The average molecular weight is 320 g/mol. The zero-order chi connectivity index (χ0) is 13.8. The van der Waals surface area contributed by atoms with Crippen LogP contribution in [0.25, 0.3) is 0 Å². The Morgan fingerprint density at radius 1 is 1.11 bits per heavy atom. The second-order valence-electron chi connectivity index (χ2n) is 4.75. The van der Waals surface area contributed by atoms with Gasteiger partial charge in [0.25, 0.3) is 0 Å². The molecule has 2 nitrogen and oxygen atoms in total. The van der Waals surface area contributed by atoms with Crippen LogP contribution >= 0.6 is 15.9 Å². The lowest BCUT2D eigenvalue weighted by atomic mass is 9.99. The van der Waals surface area contributed by atoms with Crippen LogP contribution in [-0.4, -0.2) is 11.7 Å². The second kappa shape index (κ2) is 6.22. The summed E-state index contributed by atoms with van der Waals surface area (Å²) in [6.45, 7) is 4.21. The van der Waals surface area contributed by atoms with Crippen molar-refractivity contribution >= 4 is 21.6 Å². The molecule has 0 bridgehead atoms. The van der Waals surface area contributed by atoms with Gasteiger partial charge in [0.05, 0.1) is 12.6 Å². The Morgan fingerprint density at radius 2 is 1.79 bits per heavy atom. The van der Waals surface area contributed by atoms with Crippen LogP contribution in [0.3, 0.4) is 0 Å². The van der Waals surface area contributed by atoms with Gasteiger partial charge in [0.2, 0.25) is 0 Å². The van der Waals surface area contributed by atoms with E-state index in [0.29, 0.717) is 0 Å². The Balaban J connectivity index is 2.24. The minimum atomic E-state index is -0.0823. The molecule has 0 spiro atoms. The maximum Gasteiger partial charge on any atom is 0.0747 e. The average Bonchev–Trinajstić information content (AvgIpc) is 2.41. The van der Waals surface area contributed by atoms with Crippen LogP contribution in [-0.2, 0) is 0 Å². The van der Waals surface area contributed by atoms with Crippen molar-refractivity contribution in [2.24, 2.45) is 0 Å². The molecule has 0 radical (unpaired) electrons. The molecule has 2 aromatic carbocycles. The number of aryl methyl sites for hydroxylation is 2. The van der Waals surface area contributed by atoms with Gasteiger partial charge in [0, 0.05) is 10.2 Å². The van der Waals surface area contributed by atoms with Crippen molar-refractivity contribution in [1.29, 1.82) is 0 Å². The SMILES string of the molecule is Cc1ccc(C)c(C(CO)Nc2ccc(Br)cc2)c1. The highest BCUT2D eigenvalue weighted by molar-refractivity contribution is 9.10. The summed E-state index contributed by atoms with van der Waals surface area (Å²) in [5, 5.41) is 13.0. The summed E-state index contributed by atoms with van der Waals surface area (Å²) in [4.78, 5) is 0. The van der Waals surface area contributed by atoms with Crippen molar-refractivity contribution in [1.82, 2.24) is 0 Å². The first-order valence-electron chi connectivity index (χ1n) is 6.30. The lowest BCUT2D eigenvalue weighted by Crippen LogP contribution is -2.16. The highest BCUT2D eigenvalue weighted by Gasteiger charge is 2.12. The zero-order valence-electron chi connectivity index (χ0n) is 11.2. The van der Waals surface area contributed by atoms with E-state index < -0.39 is 0 Å². The summed E-state index contributed by atoms with van der Waals surface area (Å²) in [5.41, 5.74) is 4.54. The van der Waals surface area contributed by atoms with Crippen LogP contribution in [0.5, 0.6) is 0 Å². The van der Waals surface area contributed by atoms with Crippen molar-refractivity contribution in [3.8, 4) is 0 Å². The lowest BCUT2D eigenvalue weighted by Gasteiger charge is -2.20.